The van der Waals surface area contributed by atoms with E-state index in [1.54, 1.807) is 23.9 Å². The molecular formula is C27H38N2O3S2. The molecule has 1 aliphatic heterocycles. The number of hydrogen-bond acceptors (Lipinski definition) is 6. The van der Waals surface area contributed by atoms with Crippen LogP contribution >= 0.6 is 11.8 Å². The van der Waals surface area contributed by atoms with Crippen LogP contribution < -0.4 is 15.4 Å². The van der Waals surface area contributed by atoms with Crippen molar-refractivity contribution in [3.63, 3.8) is 0 Å². The Morgan fingerprint density at radius 3 is 2.35 bits per heavy atom. The van der Waals surface area contributed by atoms with E-state index in [-0.39, 0.29) is 11.2 Å². The van der Waals surface area contributed by atoms with Crippen LogP contribution in [0.2, 0.25) is 0 Å². The first-order valence-electron chi connectivity index (χ1n) is 12.1. The molecule has 0 radical (unpaired) electrons. The summed E-state index contributed by atoms with van der Waals surface area (Å²) in [5.41, 5.74) is 8.01. The lowest BCUT2D eigenvalue weighted by molar-refractivity contribution is 0.270. The molecule has 1 heterocycles. The molecule has 2 N–H and O–H groups in total. The Balaban J connectivity index is 2.25. The Morgan fingerprint density at radius 2 is 1.79 bits per heavy atom. The van der Waals surface area contributed by atoms with Gasteiger partial charge in [0.05, 0.1) is 21.2 Å². The molecule has 0 aliphatic carbocycles. The molecule has 0 saturated carbocycles. The second kappa shape index (κ2) is 11.5. The molecule has 0 aromatic heterocycles. The molecule has 0 atom stereocenters. The zero-order valence-electron chi connectivity index (χ0n) is 20.7. The molecule has 0 spiro atoms. The van der Waals surface area contributed by atoms with Crippen LogP contribution in [0.25, 0.3) is 0 Å². The molecule has 0 fully saturated rings. The van der Waals surface area contributed by atoms with Gasteiger partial charge in [0, 0.05) is 29.4 Å². The highest BCUT2D eigenvalue weighted by Crippen LogP contribution is 2.47. The number of ether oxygens (including phenoxy) is 1. The van der Waals surface area contributed by atoms with Gasteiger partial charge >= 0.3 is 0 Å². The third-order valence-corrected chi connectivity index (χ3v) is 9.29. The topological polar surface area (TPSA) is 72.6 Å². The average Bonchev–Trinajstić information content (AvgIpc) is 2.92. The van der Waals surface area contributed by atoms with Crippen LogP contribution in [-0.4, -0.2) is 33.6 Å². The number of hydrogen-bond donors (Lipinski definition) is 1. The summed E-state index contributed by atoms with van der Waals surface area (Å²) in [5.74, 6) is 0.736. The summed E-state index contributed by atoms with van der Waals surface area (Å²) in [6, 6.07) is 11.4. The summed E-state index contributed by atoms with van der Waals surface area (Å²) < 4.78 is 33.8. The van der Waals surface area contributed by atoms with Crippen LogP contribution in [0, 0.1) is 5.41 Å². The lowest BCUT2D eigenvalue weighted by Gasteiger charge is -2.37. The molecule has 0 unspecified atom stereocenters. The molecule has 5 nitrogen and oxygen atoms in total. The minimum atomic E-state index is -3.55. The predicted octanol–water partition coefficient (Wildman–Crippen LogP) is 6.85. The number of rotatable bonds is 11. The minimum absolute atomic E-state index is 0.151. The van der Waals surface area contributed by atoms with E-state index in [1.165, 1.54) is 0 Å². The maximum atomic E-state index is 14.0. The van der Waals surface area contributed by atoms with Gasteiger partial charge in [0.2, 0.25) is 0 Å². The molecule has 2 aromatic carbocycles. The summed E-state index contributed by atoms with van der Waals surface area (Å²) in [7, 11) is -3.55. The molecule has 7 heteroatoms. The van der Waals surface area contributed by atoms with Crippen molar-refractivity contribution in [2.45, 2.75) is 62.2 Å². The second-order valence-corrected chi connectivity index (χ2v) is 12.0. The van der Waals surface area contributed by atoms with Gasteiger partial charge in [0.1, 0.15) is 12.4 Å². The fraction of sp³-hybridized carbons (Fsp3) is 0.481. The molecular weight excluding hydrogens is 464 g/mol. The number of nitrogen functional groups attached to an aromatic ring is 1. The summed E-state index contributed by atoms with van der Waals surface area (Å²) >= 11 is 1.55. The van der Waals surface area contributed by atoms with Crippen molar-refractivity contribution in [3.05, 3.63) is 49.1 Å². The largest absolute Gasteiger partial charge is 0.488 e. The number of benzene rings is 2. The summed E-state index contributed by atoms with van der Waals surface area (Å²) in [5, 5.41) is 0. The second-order valence-electron chi connectivity index (χ2n) is 9.21. The first kappa shape index (κ1) is 26.5. The van der Waals surface area contributed by atoms with E-state index in [0.717, 1.165) is 54.8 Å². The molecule has 186 valence electrons. The molecule has 34 heavy (non-hydrogen) atoms. The van der Waals surface area contributed by atoms with E-state index in [1.807, 2.05) is 36.6 Å². The number of nitrogens with zero attached hydrogens (tertiary/aromatic N) is 1. The monoisotopic (exact) mass is 502 g/mol. The van der Waals surface area contributed by atoms with Crippen LogP contribution in [0.4, 0.5) is 17.1 Å². The van der Waals surface area contributed by atoms with Crippen molar-refractivity contribution in [2.24, 2.45) is 5.41 Å². The first-order valence-corrected chi connectivity index (χ1v) is 15.0. The number of unbranched alkanes of at least 4 members (excludes halogenated alkanes) is 2. The van der Waals surface area contributed by atoms with E-state index < -0.39 is 9.84 Å². The van der Waals surface area contributed by atoms with E-state index in [2.05, 4.69) is 25.3 Å². The van der Waals surface area contributed by atoms with Crippen molar-refractivity contribution >= 4 is 38.7 Å². The maximum absolute atomic E-state index is 14.0. The SMILES string of the molecule is C=CCOc1cc2c(cc1SC)N(c1ccc(N)cc1)CC(CCCC)(CCCC)CS2(=O)=O. The van der Waals surface area contributed by atoms with Crippen LogP contribution in [0.3, 0.4) is 0 Å². The normalized spacial score (nSPS) is 16.5. The van der Waals surface area contributed by atoms with Crippen LogP contribution in [0.5, 0.6) is 5.75 Å². The lowest BCUT2D eigenvalue weighted by atomic mass is 9.79. The van der Waals surface area contributed by atoms with E-state index in [4.69, 9.17) is 10.5 Å². The van der Waals surface area contributed by atoms with Gasteiger partial charge < -0.3 is 15.4 Å². The van der Waals surface area contributed by atoms with Gasteiger partial charge in [-0.2, -0.15) is 0 Å². The van der Waals surface area contributed by atoms with Crippen molar-refractivity contribution in [2.75, 3.05) is 35.8 Å². The molecule has 0 saturated heterocycles. The van der Waals surface area contributed by atoms with Gasteiger partial charge in [-0.3, -0.25) is 0 Å². The van der Waals surface area contributed by atoms with Crippen molar-refractivity contribution in [1.82, 2.24) is 0 Å². The average molecular weight is 503 g/mol. The zero-order chi connectivity index (χ0) is 24.8. The number of anilines is 3. The number of fused-ring (bicyclic) bond motifs is 1. The summed E-state index contributed by atoms with van der Waals surface area (Å²) in [6.45, 7) is 9.04. The first-order chi connectivity index (χ1) is 16.3. The third-order valence-electron chi connectivity index (χ3n) is 6.54. The Hall–Kier alpha value is -2.12. The fourth-order valence-electron chi connectivity index (χ4n) is 4.77. The maximum Gasteiger partial charge on any atom is 0.181 e. The van der Waals surface area contributed by atoms with Crippen molar-refractivity contribution < 1.29 is 13.2 Å². The van der Waals surface area contributed by atoms with Crippen molar-refractivity contribution in [3.8, 4) is 5.75 Å². The quantitative estimate of drug-likeness (QED) is 0.206. The number of sulfone groups is 1. The summed E-state index contributed by atoms with van der Waals surface area (Å²) in [4.78, 5) is 3.45. The van der Waals surface area contributed by atoms with Gasteiger partial charge in [-0.05, 0) is 49.4 Å². The molecule has 2 aromatic rings. The Labute approximate surface area is 209 Å². The van der Waals surface area contributed by atoms with Gasteiger partial charge in [-0.15, -0.1) is 11.8 Å². The predicted molar refractivity (Wildman–Crippen MR) is 145 cm³/mol. The van der Waals surface area contributed by atoms with E-state index >= 15 is 0 Å². The minimum Gasteiger partial charge on any atom is -0.488 e. The van der Waals surface area contributed by atoms with Crippen LogP contribution in [-0.2, 0) is 9.84 Å². The Morgan fingerprint density at radius 1 is 1.15 bits per heavy atom. The van der Waals surface area contributed by atoms with Crippen molar-refractivity contribution in [1.29, 1.82) is 0 Å². The fourth-order valence-corrected chi connectivity index (χ4v) is 7.44. The zero-order valence-corrected chi connectivity index (χ0v) is 22.3. The smallest absolute Gasteiger partial charge is 0.181 e. The van der Waals surface area contributed by atoms with Crippen LogP contribution in [0.1, 0.15) is 52.4 Å². The molecule has 0 bridgehead atoms. The molecule has 3 rings (SSSR count). The van der Waals surface area contributed by atoms with Gasteiger partial charge in [-0.25, -0.2) is 8.42 Å². The summed E-state index contributed by atoms with van der Waals surface area (Å²) in [6.07, 6.45) is 9.52. The number of nitrogens with two attached hydrogens (primary N) is 1. The highest BCUT2D eigenvalue weighted by Gasteiger charge is 2.42. The molecule has 1 aliphatic rings. The van der Waals surface area contributed by atoms with Gasteiger partial charge in [-0.1, -0.05) is 52.2 Å². The highest BCUT2D eigenvalue weighted by atomic mass is 32.2. The third kappa shape index (κ3) is 5.92. The van der Waals surface area contributed by atoms with Gasteiger partial charge in [0.15, 0.2) is 9.84 Å². The molecule has 0 amide bonds. The number of thioether (sulfide) groups is 1. The Kier molecular flexibility index (Phi) is 8.99. The standard InChI is InChI=1S/C27H38N2O3S2/c1-5-8-14-27(15-9-6-2)19-29(22-12-10-21(28)11-13-22)23-17-25(33-4)24(32-16-7-3)18-26(23)34(30,31)20-27/h7,10-13,17-18H,3,5-6,8-9,14-16,19-20,28H2,1-2,4H3. The highest BCUT2D eigenvalue weighted by molar-refractivity contribution is 7.98. The van der Waals surface area contributed by atoms with Crippen LogP contribution in [0.15, 0.2) is 58.8 Å². The van der Waals surface area contributed by atoms with Gasteiger partial charge in [0.25, 0.3) is 0 Å². The van der Waals surface area contributed by atoms with E-state index in [0.29, 0.717) is 29.5 Å². The van der Waals surface area contributed by atoms with E-state index in [9.17, 15) is 8.42 Å². The Bertz CT molecular complexity index is 1070. The lowest BCUT2D eigenvalue weighted by Crippen LogP contribution is -2.38.